The van der Waals surface area contributed by atoms with Gasteiger partial charge in [-0.3, -0.25) is 9.59 Å². The van der Waals surface area contributed by atoms with Crippen molar-refractivity contribution in [1.82, 2.24) is 0 Å². The van der Waals surface area contributed by atoms with E-state index in [1.165, 1.54) is 25.7 Å². The maximum absolute atomic E-state index is 13.0. The molecule has 2 aliphatic heterocycles. The molecule has 0 spiro atoms. The molecule has 15 nitrogen and oxygen atoms in total. The molecule has 2 fully saturated rings. The van der Waals surface area contributed by atoms with Crippen LogP contribution in [0.25, 0.3) is 0 Å². The van der Waals surface area contributed by atoms with Gasteiger partial charge in [0, 0.05) is 12.8 Å². The topological polar surface area (TPSA) is 231 Å². The lowest BCUT2D eigenvalue weighted by molar-refractivity contribution is -0.332. The molecular weight excluding hydrogens is 913 g/mol. The molecule has 2 rings (SSSR count). The van der Waals surface area contributed by atoms with Crippen molar-refractivity contribution in [3.05, 3.63) is 72.9 Å². The van der Waals surface area contributed by atoms with E-state index in [2.05, 4.69) is 86.8 Å². The standard InChI is InChI=1S/C56H94O15/c1-3-5-7-9-11-13-15-17-19-21-22-23-25-27-29-31-33-35-37-39-48(59)69-44(41-66-47(58)38-36-34-32-30-28-26-24-20-18-16-14-12-10-8-6-4-2)42-67-55-54(65)52(63)50(61)46(71-55)43-68-56-53(64)51(62)49(60)45(40-57)70-56/h5,7,11,13-14,16-17,19-20,22-24,44-46,49-57,60-65H,3-4,6,8-10,12,15,18,21,25-43H2,1-2H3/b7-5-,13-11-,16-14-,19-17-,23-22-,24-20-. The minimum atomic E-state index is -1.77. The van der Waals surface area contributed by atoms with E-state index in [4.69, 9.17) is 28.4 Å². The van der Waals surface area contributed by atoms with Crippen LogP contribution in [0.5, 0.6) is 0 Å². The Hall–Kier alpha value is -3.06. The van der Waals surface area contributed by atoms with Crippen molar-refractivity contribution in [3.8, 4) is 0 Å². The van der Waals surface area contributed by atoms with Crippen LogP contribution in [0.15, 0.2) is 72.9 Å². The first kappa shape index (κ1) is 64.1. The molecule has 11 unspecified atom stereocenters. The summed E-state index contributed by atoms with van der Waals surface area (Å²) in [5, 5.41) is 72.2. The van der Waals surface area contributed by atoms with Gasteiger partial charge in [-0.2, -0.15) is 0 Å². The highest BCUT2D eigenvalue weighted by molar-refractivity contribution is 5.70. The number of unbranched alkanes of at least 4 members (excludes halogenated alkanes) is 15. The number of aliphatic hydroxyl groups is 7. The first-order valence-corrected chi connectivity index (χ1v) is 27.0. The summed E-state index contributed by atoms with van der Waals surface area (Å²) in [4.78, 5) is 25.8. The maximum atomic E-state index is 13.0. The third-order valence-corrected chi connectivity index (χ3v) is 12.4. The number of esters is 2. The molecule has 7 N–H and O–H groups in total. The summed E-state index contributed by atoms with van der Waals surface area (Å²) in [6.45, 7) is 2.42. The number of carbonyl (C=O) groups is 2. The smallest absolute Gasteiger partial charge is 0.306 e. The summed E-state index contributed by atoms with van der Waals surface area (Å²) < 4.78 is 33.6. The lowest BCUT2D eigenvalue weighted by Crippen LogP contribution is -2.61. The largest absolute Gasteiger partial charge is 0.462 e. The molecule has 408 valence electrons. The van der Waals surface area contributed by atoms with Crippen molar-refractivity contribution >= 4 is 11.9 Å². The van der Waals surface area contributed by atoms with Gasteiger partial charge in [0.1, 0.15) is 55.4 Å². The first-order valence-electron chi connectivity index (χ1n) is 27.0. The van der Waals surface area contributed by atoms with E-state index < -0.39 is 99.3 Å². The maximum Gasteiger partial charge on any atom is 0.306 e. The normalized spacial score (nSPS) is 25.8. The molecule has 0 aliphatic carbocycles. The molecule has 0 bridgehead atoms. The Bertz CT molecular complexity index is 1510. The molecule has 0 aromatic rings. The van der Waals surface area contributed by atoms with Gasteiger partial charge < -0.3 is 64.2 Å². The number of carbonyl (C=O) groups excluding carboxylic acids is 2. The van der Waals surface area contributed by atoms with E-state index in [9.17, 15) is 45.3 Å². The van der Waals surface area contributed by atoms with Crippen LogP contribution in [0.1, 0.15) is 174 Å². The Morgan fingerprint density at radius 1 is 0.465 bits per heavy atom. The van der Waals surface area contributed by atoms with Crippen molar-refractivity contribution in [1.29, 1.82) is 0 Å². The summed E-state index contributed by atoms with van der Waals surface area (Å²) in [5.41, 5.74) is 0. The van der Waals surface area contributed by atoms with E-state index in [0.717, 1.165) is 109 Å². The fourth-order valence-electron chi connectivity index (χ4n) is 8.00. The average molecular weight is 1010 g/mol. The SMILES string of the molecule is CC/C=C\C/C=C\C/C=C\C/C=C\CCCCCCCCC(=O)OC(COC(=O)CCCCCCC/C=C\C/C=C\CCCCCC)COC1OC(COC2OC(CO)C(O)C(O)C2O)C(O)C(O)C1O. The summed E-state index contributed by atoms with van der Waals surface area (Å²) in [7, 11) is 0. The molecule has 0 aromatic heterocycles. The zero-order chi connectivity index (χ0) is 51.7. The summed E-state index contributed by atoms with van der Waals surface area (Å²) >= 11 is 0. The van der Waals surface area contributed by atoms with Crippen molar-refractivity contribution in [2.75, 3.05) is 26.4 Å². The van der Waals surface area contributed by atoms with Crippen LogP contribution in [0.3, 0.4) is 0 Å². The highest BCUT2D eigenvalue weighted by atomic mass is 16.7. The number of aliphatic hydroxyl groups excluding tert-OH is 7. The Morgan fingerprint density at radius 3 is 1.39 bits per heavy atom. The van der Waals surface area contributed by atoms with Crippen molar-refractivity contribution in [2.45, 2.75) is 242 Å². The van der Waals surface area contributed by atoms with Crippen LogP contribution in [0.4, 0.5) is 0 Å². The van der Waals surface area contributed by atoms with Crippen LogP contribution < -0.4 is 0 Å². The minimum Gasteiger partial charge on any atom is -0.462 e. The second-order valence-electron chi connectivity index (χ2n) is 18.7. The third kappa shape index (κ3) is 30.0. The average Bonchev–Trinajstić information content (AvgIpc) is 3.36. The van der Waals surface area contributed by atoms with Gasteiger partial charge in [0.05, 0.1) is 19.8 Å². The van der Waals surface area contributed by atoms with Gasteiger partial charge in [-0.1, -0.05) is 151 Å². The third-order valence-electron chi connectivity index (χ3n) is 12.4. The Morgan fingerprint density at radius 2 is 0.887 bits per heavy atom. The number of rotatable bonds is 41. The molecule has 0 aromatic carbocycles. The molecule has 2 saturated heterocycles. The first-order chi connectivity index (χ1) is 34.5. The van der Waals surface area contributed by atoms with Gasteiger partial charge in [-0.15, -0.1) is 0 Å². The van der Waals surface area contributed by atoms with E-state index >= 15 is 0 Å². The highest BCUT2D eigenvalue weighted by Gasteiger charge is 2.47. The quantitative estimate of drug-likeness (QED) is 0.0174. The molecule has 0 radical (unpaired) electrons. The summed E-state index contributed by atoms with van der Waals surface area (Å²) in [5.74, 6) is -0.961. The molecule has 0 saturated carbocycles. The van der Waals surface area contributed by atoms with E-state index in [1.807, 2.05) is 0 Å². The molecular formula is C56H94O15. The van der Waals surface area contributed by atoms with Gasteiger partial charge in [0.2, 0.25) is 0 Å². The molecule has 11 atom stereocenters. The van der Waals surface area contributed by atoms with Gasteiger partial charge >= 0.3 is 11.9 Å². The second-order valence-corrected chi connectivity index (χ2v) is 18.7. The van der Waals surface area contributed by atoms with E-state index in [0.29, 0.717) is 12.8 Å². The Labute approximate surface area is 425 Å². The predicted molar refractivity (Wildman–Crippen MR) is 275 cm³/mol. The van der Waals surface area contributed by atoms with Gasteiger partial charge in [-0.25, -0.2) is 0 Å². The molecule has 71 heavy (non-hydrogen) atoms. The van der Waals surface area contributed by atoms with Crippen LogP contribution in [-0.2, 0) is 38.0 Å². The zero-order valence-corrected chi connectivity index (χ0v) is 43.2. The van der Waals surface area contributed by atoms with Gasteiger partial charge in [0.25, 0.3) is 0 Å². The minimum absolute atomic E-state index is 0.142. The van der Waals surface area contributed by atoms with Crippen molar-refractivity contribution in [2.24, 2.45) is 0 Å². The fraction of sp³-hybridized carbons (Fsp3) is 0.750. The fourth-order valence-corrected chi connectivity index (χ4v) is 8.00. The van der Waals surface area contributed by atoms with Crippen LogP contribution >= 0.6 is 0 Å². The summed E-state index contributed by atoms with van der Waals surface area (Å²) in [6.07, 6.45) is 33.4. The predicted octanol–water partition coefficient (Wildman–Crippen LogP) is 8.21. The lowest BCUT2D eigenvalue weighted by atomic mass is 9.98. The van der Waals surface area contributed by atoms with Gasteiger partial charge in [0.15, 0.2) is 18.7 Å². The number of hydrogen-bond acceptors (Lipinski definition) is 15. The monoisotopic (exact) mass is 1010 g/mol. The second kappa shape index (κ2) is 42.3. The highest BCUT2D eigenvalue weighted by Crippen LogP contribution is 2.26. The molecule has 2 heterocycles. The van der Waals surface area contributed by atoms with E-state index in [1.54, 1.807) is 0 Å². The summed E-state index contributed by atoms with van der Waals surface area (Å²) in [6, 6.07) is 0. The molecule has 0 amide bonds. The van der Waals surface area contributed by atoms with Crippen LogP contribution in [0, 0.1) is 0 Å². The Balaban J connectivity index is 1.81. The zero-order valence-electron chi connectivity index (χ0n) is 43.2. The number of ether oxygens (including phenoxy) is 6. The van der Waals surface area contributed by atoms with Crippen molar-refractivity contribution < 1.29 is 73.8 Å². The van der Waals surface area contributed by atoms with Crippen LogP contribution in [-0.4, -0.2) is 142 Å². The van der Waals surface area contributed by atoms with Crippen molar-refractivity contribution in [3.63, 3.8) is 0 Å². The molecule has 15 heteroatoms. The van der Waals surface area contributed by atoms with Gasteiger partial charge in [-0.05, 0) is 83.5 Å². The molecule has 2 aliphatic rings. The van der Waals surface area contributed by atoms with E-state index in [-0.39, 0.29) is 19.4 Å². The Kier molecular flexibility index (Phi) is 38.2. The van der Waals surface area contributed by atoms with Crippen LogP contribution in [0.2, 0.25) is 0 Å². The lowest BCUT2D eigenvalue weighted by Gasteiger charge is -2.42. The number of hydrogen-bond donors (Lipinski definition) is 7. The number of allylic oxidation sites excluding steroid dienone is 12.